The average Bonchev–Trinajstić information content (AvgIpc) is 2.81. The second-order valence-corrected chi connectivity index (χ2v) is 8.45. The third-order valence-electron chi connectivity index (χ3n) is 6.13. The Morgan fingerprint density at radius 1 is 1.00 bits per heavy atom. The lowest BCUT2D eigenvalue weighted by Gasteiger charge is -2.28. The number of nitrogens with one attached hydrogen (secondary N) is 1. The van der Waals surface area contributed by atoms with Crippen LogP contribution in [0.1, 0.15) is 22.3 Å². The third-order valence-corrected chi connectivity index (χ3v) is 6.13. The first-order valence-corrected chi connectivity index (χ1v) is 10.8. The number of benzene rings is 3. The number of methoxy groups -OCH3 is 1. The van der Waals surface area contributed by atoms with E-state index in [2.05, 4.69) is 37.3 Å². The number of ether oxygens (including phenoxy) is 2. The van der Waals surface area contributed by atoms with E-state index in [1.54, 1.807) is 13.2 Å². The van der Waals surface area contributed by atoms with Crippen molar-refractivity contribution in [1.29, 1.82) is 0 Å². The maximum absolute atomic E-state index is 12.4. The quantitative estimate of drug-likeness (QED) is 0.499. The minimum absolute atomic E-state index is 0.367. The van der Waals surface area contributed by atoms with Crippen LogP contribution in [0.5, 0.6) is 11.5 Å². The van der Waals surface area contributed by atoms with Gasteiger partial charge < -0.3 is 13.9 Å². The van der Waals surface area contributed by atoms with Crippen LogP contribution in [0.15, 0.2) is 69.9 Å². The monoisotopic (exact) mass is 428 g/mol. The van der Waals surface area contributed by atoms with E-state index in [-0.39, 0.29) is 5.63 Å². The number of hydrogen-bond donors (Lipinski definition) is 1. The molecule has 32 heavy (non-hydrogen) atoms. The van der Waals surface area contributed by atoms with Crippen LogP contribution in [0, 0.1) is 13.8 Å². The molecule has 1 aliphatic heterocycles. The number of aryl methyl sites for hydroxylation is 2. The lowest BCUT2D eigenvalue weighted by atomic mass is 9.96. The normalized spacial score (nSPS) is 15.3. The SMILES string of the molecule is COc1ccc(-c2cc(=O)oc3c(C)c4c(cc23)C[NH+](Cc2ccc(C)cc2)CO4)cc1. The van der Waals surface area contributed by atoms with Gasteiger partial charge in [-0.1, -0.05) is 42.0 Å². The Hall–Kier alpha value is -3.57. The first kappa shape index (κ1) is 20.3. The summed E-state index contributed by atoms with van der Waals surface area (Å²) in [5.74, 6) is 1.61. The molecule has 5 heteroatoms. The van der Waals surface area contributed by atoms with Crippen LogP contribution in [-0.2, 0) is 13.1 Å². The van der Waals surface area contributed by atoms with Gasteiger partial charge in [0.15, 0.2) is 0 Å². The predicted molar refractivity (Wildman–Crippen MR) is 124 cm³/mol. The van der Waals surface area contributed by atoms with Crippen molar-refractivity contribution in [2.24, 2.45) is 0 Å². The summed E-state index contributed by atoms with van der Waals surface area (Å²) >= 11 is 0. The van der Waals surface area contributed by atoms with E-state index >= 15 is 0 Å². The second-order valence-electron chi connectivity index (χ2n) is 8.45. The van der Waals surface area contributed by atoms with Crippen molar-refractivity contribution in [2.45, 2.75) is 26.9 Å². The van der Waals surface area contributed by atoms with E-state index < -0.39 is 0 Å². The summed E-state index contributed by atoms with van der Waals surface area (Å²) in [5, 5.41) is 0.922. The second kappa shape index (κ2) is 8.17. The molecule has 2 heterocycles. The zero-order valence-corrected chi connectivity index (χ0v) is 18.5. The lowest BCUT2D eigenvalue weighted by molar-refractivity contribution is -0.945. The molecule has 1 aromatic heterocycles. The number of fused-ring (bicyclic) bond motifs is 2. The Morgan fingerprint density at radius 2 is 1.75 bits per heavy atom. The third kappa shape index (κ3) is 3.76. The highest BCUT2D eigenvalue weighted by atomic mass is 16.5. The molecule has 1 atom stereocenters. The van der Waals surface area contributed by atoms with Gasteiger partial charge in [0.1, 0.15) is 30.2 Å². The highest BCUT2D eigenvalue weighted by Gasteiger charge is 2.25. The molecular weight excluding hydrogens is 402 g/mol. The molecule has 0 bridgehead atoms. The molecule has 0 saturated carbocycles. The van der Waals surface area contributed by atoms with Gasteiger partial charge in [-0.25, -0.2) is 4.79 Å². The van der Waals surface area contributed by atoms with Crippen LogP contribution in [-0.4, -0.2) is 13.8 Å². The molecule has 3 aromatic carbocycles. The standard InChI is InChI=1S/C27H25NO4/c1-17-4-6-19(7-5-17)14-28-15-21-12-24-23(20-8-10-22(30-3)11-9-20)13-25(29)32-27(24)18(2)26(21)31-16-28/h4-13H,14-16H2,1-3H3/p+1. The van der Waals surface area contributed by atoms with Crippen LogP contribution >= 0.6 is 0 Å². The largest absolute Gasteiger partial charge is 0.497 e. The Morgan fingerprint density at radius 3 is 2.47 bits per heavy atom. The van der Waals surface area contributed by atoms with E-state index in [0.29, 0.717) is 12.3 Å². The molecule has 1 aliphatic rings. The Bertz CT molecular complexity index is 1340. The lowest BCUT2D eigenvalue weighted by Crippen LogP contribution is -3.10. The van der Waals surface area contributed by atoms with Crippen molar-refractivity contribution in [3.63, 3.8) is 0 Å². The van der Waals surface area contributed by atoms with E-state index in [1.165, 1.54) is 16.0 Å². The fourth-order valence-electron chi connectivity index (χ4n) is 4.45. The van der Waals surface area contributed by atoms with E-state index in [0.717, 1.165) is 52.2 Å². The van der Waals surface area contributed by atoms with Crippen LogP contribution in [0.4, 0.5) is 0 Å². The van der Waals surface area contributed by atoms with Gasteiger partial charge in [0.2, 0.25) is 6.73 Å². The highest BCUT2D eigenvalue weighted by molar-refractivity contribution is 5.96. The van der Waals surface area contributed by atoms with Gasteiger partial charge in [-0.3, -0.25) is 4.90 Å². The summed E-state index contributed by atoms with van der Waals surface area (Å²) in [7, 11) is 1.64. The zero-order chi connectivity index (χ0) is 22.2. The molecule has 4 aromatic rings. The topological polar surface area (TPSA) is 53.1 Å². The first-order valence-electron chi connectivity index (χ1n) is 10.8. The van der Waals surface area contributed by atoms with Gasteiger partial charge in [-0.05, 0) is 43.2 Å². The minimum Gasteiger partial charge on any atom is -0.497 e. The molecule has 0 saturated heterocycles. The molecular formula is C27H26NO4+. The van der Waals surface area contributed by atoms with Gasteiger partial charge in [-0.15, -0.1) is 0 Å². The maximum atomic E-state index is 12.4. The summed E-state index contributed by atoms with van der Waals surface area (Å²) in [6.45, 7) is 6.39. The number of quaternary nitrogens is 1. The van der Waals surface area contributed by atoms with Crippen LogP contribution < -0.4 is 20.0 Å². The van der Waals surface area contributed by atoms with E-state index in [4.69, 9.17) is 13.9 Å². The fourth-order valence-corrected chi connectivity index (χ4v) is 4.45. The molecule has 1 N–H and O–H groups in total. The van der Waals surface area contributed by atoms with Crippen molar-refractivity contribution in [2.75, 3.05) is 13.8 Å². The zero-order valence-electron chi connectivity index (χ0n) is 18.5. The minimum atomic E-state index is -0.367. The number of rotatable bonds is 4. The van der Waals surface area contributed by atoms with Gasteiger partial charge in [0, 0.05) is 28.1 Å². The van der Waals surface area contributed by atoms with Gasteiger partial charge >= 0.3 is 5.63 Å². The first-order chi connectivity index (χ1) is 15.5. The molecule has 5 rings (SSSR count). The Balaban J connectivity index is 1.56. The highest BCUT2D eigenvalue weighted by Crippen LogP contribution is 2.36. The Labute approximate surface area is 186 Å². The molecule has 5 nitrogen and oxygen atoms in total. The molecule has 0 fully saturated rings. The van der Waals surface area contributed by atoms with Crippen LogP contribution in [0.2, 0.25) is 0 Å². The molecule has 0 radical (unpaired) electrons. The molecule has 0 amide bonds. The van der Waals surface area contributed by atoms with E-state index in [1.807, 2.05) is 31.2 Å². The van der Waals surface area contributed by atoms with Gasteiger partial charge in [-0.2, -0.15) is 0 Å². The smallest absolute Gasteiger partial charge is 0.336 e. The average molecular weight is 429 g/mol. The van der Waals surface area contributed by atoms with Crippen molar-refractivity contribution >= 4 is 11.0 Å². The fraction of sp³-hybridized carbons (Fsp3) is 0.222. The summed E-state index contributed by atoms with van der Waals surface area (Å²) < 4.78 is 17.1. The van der Waals surface area contributed by atoms with Crippen LogP contribution in [0.25, 0.3) is 22.1 Å². The van der Waals surface area contributed by atoms with Crippen LogP contribution in [0.3, 0.4) is 0 Å². The van der Waals surface area contributed by atoms with Crippen molar-refractivity contribution in [3.05, 3.63) is 93.3 Å². The van der Waals surface area contributed by atoms with Crippen molar-refractivity contribution in [3.8, 4) is 22.6 Å². The summed E-state index contributed by atoms with van der Waals surface area (Å²) in [6, 6.07) is 20.1. The van der Waals surface area contributed by atoms with E-state index in [9.17, 15) is 4.79 Å². The van der Waals surface area contributed by atoms with Gasteiger partial charge in [0.25, 0.3) is 0 Å². The van der Waals surface area contributed by atoms with Crippen molar-refractivity contribution < 1.29 is 18.8 Å². The molecule has 162 valence electrons. The summed E-state index contributed by atoms with van der Waals surface area (Å²) in [5.41, 5.74) is 6.59. The predicted octanol–water partition coefficient (Wildman–Crippen LogP) is 4.02. The molecule has 0 spiro atoms. The number of hydrogen-bond acceptors (Lipinski definition) is 4. The van der Waals surface area contributed by atoms with Gasteiger partial charge in [0.05, 0.1) is 7.11 Å². The summed E-state index contributed by atoms with van der Waals surface area (Å²) in [4.78, 5) is 13.7. The van der Waals surface area contributed by atoms with Crippen molar-refractivity contribution in [1.82, 2.24) is 0 Å². The maximum Gasteiger partial charge on any atom is 0.336 e. The summed E-state index contributed by atoms with van der Waals surface area (Å²) in [6.07, 6.45) is 0. The Kier molecular flexibility index (Phi) is 5.19. The molecule has 1 unspecified atom stereocenters. The molecule has 0 aliphatic carbocycles.